The topological polar surface area (TPSA) is 52.6 Å². The molecule has 0 heterocycles. The molecule has 0 bridgehead atoms. The van der Waals surface area contributed by atoms with Crippen molar-refractivity contribution in [2.24, 2.45) is 5.92 Å². The van der Waals surface area contributed by atoms with Gasteiger partial charge in [-0.05, 0) is 30.9 Å². The zero-order chi connectivity index (χ0) is 24.3. The van der Waals surface area contributed by atoms with Crippen LogP contribution in [0, 0.1) is 5.92 Å². The highest BCUT2D eigenvalue weighted by molar-refractivity contribution is 6.03. The van der Waals surface area contributed by atoms with Crippen LogP contribution in [0.2, 0.25) is 0 Å². The number of hydrogen-bond acceptors (Lipinski definition) is 4. The molecule has 2 rings (SSSR count). The minimum absolute atomic E-state index is 0.309. The Morgan fingerprint density at radius 2 is 1.15 bits per heavy atom. The van der Waals surface area contributed by atoms with E-state index in [1.165, 1.54) is 96.3 Å². The quantitative estimate of drug-likeness (QED) is 0.158. The Labute approximate surface area is 208 Å². The monoisotopic (exact) mass is 472 g/mol. The Bertz CT molecular complexity index is 678. The van der Waals surface area contributed by atoms with Crippen LogP contribution in [0.25, 0.3) is 0 Å². The second-order valence-corrected chi connectivity index (χ2v) is 10.00. The molecule has 34 heavy (non-hydrogen) atoms. The van der Waals surface area contributed by atoms with E-state index in [0.29, 0.717) is 30.3 Å². The maximum absolute atomic E-state index is 12.6. The van der Waals surface area contributed by atoms with Gasteiger partial charge >= 0.3 is 11.9 Å². The predicted molar refractivity (Wildman–Crippen MR) is 139 cm³/mol. The van der Waals surface area contributed by atoms with E-state index in [-0.39, 0.29) is 0 Å². The predicted octanol–water partition coefficient (Wildman–Crippen LogP) is 8.67. The molecule has 0 atom stereocenters. The fourth-order valence-electron chi connectivity index (χ4n) is 4.90. The molecule has 1 fully saturated rings. The van der Waals surface area contributed by atoms with Gasteiger partial charge in [0.15, 0.2) is 0 Å². The summed E-state index contributed by atoms with van der Waals surface area (Å²) in [5, 5.41) is 0. The smallest absolute Gasteiger partial charge is 0.339 e. The molecule has 0 spiro atoms. The lowest BCUT2D eigenvalue weighted by Gasteiger charge is -2.21. The molecule has 0 aromatic heterocycles. The van der Waals surface area contributed by atoms with E-state index < -0.39 is 11.9 Å². The van der Waals surface area contributed by atoms with Crippen LogP contribution in [0.15, 0.2) is 24.3 Å². The van der Waals surface area contributed by atoms with Gasteiger partial charge in [-0.3, -0.25) is 0 Å². The number of esters is 2. The first-order chi connectivity index (χ1) is 16.7. The van der Waals surface area contributed by atoms with Crippen molar-refractivity contribution >= 4 is 11.9 Å². The van der Waals surface area contributed by atoms with Crippen LogP contribution in [-0.2, 0) is 9.47 Å². The normalized spacial score (nSPS) is 14.1. The largest absolute Gasteiger partial charge is 0.462 e. The van der Waals surface area contributed by atoms with Gasteiger partial charge < -0.3 is 9.47 Å². The number of carbonyl (C=O) groups excluding carboxylic acids is 2. The first-order valence-corrected chi connectivity index (χ1v) is 14.2. The molecular formula is C30H48O4. The van der Waals surface area contributed by atoms with E-state index in [2.05, 4.69) is 6.92 Å². The highest BCUT2D eigenvalue weighted by atomic mass is 16.5. The second kappa shape index (κ2) is 18.5. The summed E-state index contributed by atoms with van der Waals surface area (Å²) < 4.78 is 11.0. The third-order valence-electron chi connectivity index (χ3n) is 7.08. The van der Waals surface area contributed by atoms with Crippen molar-refractivity contribution in [1.82, 2.24) is 0 Å². The molecule has 1 aliphatic rings. The van der Waals surface area contributed by atoms with Crippen molar-refractivity contribution in [3.63, 3.8) is 0 Å². The molecule has 0 N–H and O–H groups in total. The highest BCUT2D eigenvalue weighted by Gasteiger charge is 2.20. The van der Waals surface area contributed by atoms with E-state index in [9.17, 15) is 9.59 Å². The summed E-state index contributed by atoms with van der Waals surface area (Å²) in [6, 6.07) is 6.84. The number of benzene rings is 1. The van der Waals surface area contributed by atoms with Crippen molar-refractivity contribution in [3.8, 4) is 0 Å². The molecule has 1 aromatic carbocycles. The molecular weight excluding hydrogens is 424 g/mol. The summed E-state index contributed by atoms with van der Waals surface area (Å²) in [4.78, 5) is 25.1. The number of carbonyl (C=O) groups is 2. The van der Waals surface area contributed by atoms with Gasteiger partial charge in [0.2, 0.25) is 0 Å². The van der Waals surface area contributed by atoms with E-state index in [1.54, 1.807) is 24.3 Å². The van der Waals surface area contributed by atoms with Crippen molar-refractivity contribution in [3.05, 3.63) is 35.4 Å². The van der Waals surface area contributed by atoms with Crippen molar-refractivity contribution < 1.29 is 19.1 Å². The van der Waals surface area contributed by atoms with Crippen LogP contribution in [0.3, 0.4) is 0 Å². The van der Waals surface area contributed by atoms with Gasteiger partial charge in [-0.2, -0.15) is 0 Å². The molecule has 0 radical (unpaired) electrons. The van der Waals surface area contributed by atoms with Gasteiger partial charge in [-0.1, -0.05) is 122 Å². The summed E-state index contributed by atoms with van der Waals surface area (Å²) in [5.74, 6) is -0.186. The molecule has 192 valence electrons. The molecule has 4 heteroatoms. The van der Waals surface area contributed by atoms with E-state index >= 15 is 0 Å². The molecule has 0 saturated heterocycles. The number of rotatable bonds is 18. The third kappa shape index (κ3) is 12.0. The van der Waals surface area contributed by atoms with Crippen LogP contribution >= 0.6 is 0 Å². The fraction of sp³-hybridized carbons (Fsp3) is 0.733. The van der Waals surface area contributed by atoms with E-state index in [0.717, 1.165) is 19.3 Å². The first kappa shape index (κ1) is 28.4. The maximum atomic E-state index is 12.6. The average molecular weight is 473 g/mol. The zero-order valence-corrected chi connectivity index (χ0v) is 21.7. The van der Waals surface area contributed by atoms with E-state index in [4.69, 9.17) is 9.47 Å². The zero-order valence-electron chi connectivity index (χ0n) is 21.7. The lowest BCUT2D eigenvalue weighted by Crippen LogP contribution is -2.16. The molecule has 1 aromatic rings. The van der Waals surface area contributed by atoms with Crippen LogP contribution in [0.4, 0.5) is 0 Å². The van der Waals surface area contributed by atoms with Gasteiger partial charge in [0.1, 0.15) is 0 Å². The summed E-state index contributed by atoms with van der Waals surface area (Å²) in [7, 11) is 0. The summed E-state index contributed by atoms with van der Waals surface area (Å²) in [5.41, 5.74) is 0.620. The Morgan fingerprint density at radius 3 is 1.68 bits per heavy atom. The van der Waals surface area contributed by atoms with Gasteiger partial charge in [0, 0.05) is 0 Å². The number of hydrogen-bond donors (Lipinski definition) is 0. The SMILES string of the molecule is CCCCCCCCCCCCCCOC(=O)c1ccccc1C(=O)OCCC1CCCCC1. The Kier molecular flexibility index (Phi) is 15.4. The standard InChI is InChI=1S/C30H48O4/c1-2-3-4-5-6-7-8-9-10-11-12-18-24-33-29(31)27-21-16-17-22-28(27)30(32)34-25-23-26-19-14-13-15-20-26/h16-17,21-22,26H,2-15,18-20,23-25H2,1H3. The summed E-state index contributed by atoms with van der Waals surface area (Å²) >= 11 is 0. The Hall–Kier alpha value is -1.84. The number of ether oxygens (including phenoxy) is 2. The lowest BCUT2D eigenvalue weighted by molar-refractivity contribution is 0.0437. The molecule has 0 aliphatic heterocycles. The first-order valence-electron chi connectivity index (χ1n) is 14.2. The van der Waals surface area contributed by atoms with Crippen LogP contribution in [0.1, 0.15) is 143 Å². The van der Waals surface area contributed by atoms with E-state index in [1.807, 2.05) is 0 Å². The maximum Gasteiger partial charge on any atom is 0.339 e. The molecule has 1 aliphatic carbocycles. The Morgan fingerprint density at radius 1 is 0.676 bits per heavy atom. The minimum atomic E-state index is -0.428. The molecule has 1 saturated carbocycles. The van der Waals surface area contributed by atoms with Crippen LogP contribution in [0.5, 0.6) is 0 Å². The van der Waals surface area contributed by atoms with Crippen LogP contribution in [-0.4, -0.2) is 25.2 Å². The van der Waals surface area contributed by atoms with Gasteiger partial charge in [0.05, 0.1) is 24.3 Å². The molecule has 0 unspecified atom stereocenters. The fourth-order valence-corrected chi connectivity index (χ4v) is 4.90. The minimum Gasteiger partial charge on any atom is -0.462 e. The van der Waals surface area contributed by atoms with Crippen molar-refractivity contribution in [2.75, 3.05) is 13.2 Å². The third-order valence-corrected chi connectivity index (χ3v) is 7.08. The second-order valence-electron chi connectivity index (χ2n) is 10.00. The van der Waals surface area contributed by atoms with Gasteiger partial charge in [-0.25, -0.2) is 9.59 Å². The number of unbranched alkanes of at least 4 members (excludes halogenated alkanes) is 11. The van der Waals surface area contributed by atoms with Gasteiger partial charge in [0.25, 0.3) is 0 Å². The van der Waals surface area contributed by atoms with Crippen molar-refractivity contribution in [2.45, 2.75) is 122 Å². The summed E-state index contributed by atoms with van der Waals surface area (Å²) in [6.07, 6.45) is 22.5. The summed E-state index contributed by atoms with van der Waals surface area (Å²) in [6.45, 7) is 3.09. The Balaban J connectivity index is 1.56. The lowest BCUT2D eigenvalue weighted by atomic mass is 9.87. The van der Waals surface area contributed by atoms with Crippen molar-refractivity contribution in [1.29, 1.82) is 0 Å². The highest BCUT2D eigenvalue weighted by Crippen LogP contribution is 2.26. The molecule has 0 amide bonds. The van der Waals surface area contributed by atoms with Gasteiger partial charge in [-0.15, -0.1) is 0 Å². The average Bonchev–Trinajstić information content (AvgIpc) is 2.87. The van der Waals surface area contributed by atoms with Crippen LogP contribution < -0.4 is 0 Å². The molecule has 4 nitrogen and oxygen atoms in total.